The fourth-order valence-corrected chi connectivity index (χ4v) is 6.48. The van der Waals surface area contributed by atoms with Crippen LogP contribution in [0.15, 0.2) is 84.9 Å². The zero-order chi connectivity index (χ0) is 22.3. The van der Waals surface area contributed by atoms with Gasteiger partial charge in [-0.15, -0.1) is 0 Å². The van der Waals surface area contributed by atoms with E-state index < -0.39 is 0 Å². The summed E-state index contributed by atoms with van der Waals surface area (Å²) in [6, 6.07) is 31.2. The lowest BCUT2D eigenvalue weighted by molar-refractivity contribution is 0.602. The first-order valence-electron chi connectivity index (χ1n) is 11.7. The fourth-order valence-electron chi connectivity index (χ4n) is 6.30. The van der Waals surface area contributed by atoms with E-state index in [1.807, 2.05) is 6.07 Å². The number of halogens is 1. The van der Waals surface area contributed by atoms with E-state index in [0.717, 1.165) is 11.4 Å². The molecule has 33 heavy (non-hydrogen) atoms. The molecule has 0 saturated heterocycles. The number of nitrogens with zero attached hydrogens (tertiary/aromatic N) is 1. The van der Waals surface area contributed by atoms with Crippen LogP contribution in [-0.2, 0) is 6.42 Å². The van der Waals surface area contributed by atoms with Crippen LogP contribution in [0.1, 0.15) is 45.3 Å². The molecule has 2 heteroatoms. The van der Waals surface area contributed by atoms with Crippen molar-refractivity contribution < 1.29 is 0 Å². The highest BCUT2D eigenvalue weighted by atomic mass is 35.5. The van der Waals surface area contributed by atoms with Crippen molar-refractivity contribution in [2.75, 3.05) is 0 Å². The molecule has 2 atom stereocenters. The quantitative estimate of drug-likeness (QED) is 0.244. The van der Waals surface area contributed by atoms with E-state index in [1.54, 1.807) is 0 Å². The highest BCUT2D eigenvalue weighted by Gasteiger charge is 2.43. The Balaban J connectivity index is 1.67. The summed E-state index contributed by atoms with van der Waals surface area (Å²) in [4.78, 5) is 0. The van der Waals surface area contributed by atoms with Gasteiger partial charge in [-0.1, -0.05) is 66.2 Å². The van der Waals surface area contributed by atoms with Crippen LogP contribution in [0.25, 0.3) is 27.7 Å². The Kier molecular flexibility index (Phi) is 3.99. The third kappa shape index (κ3) is 2.60. The molecular weight excluding hydrogens is 422 g/mol. The Bertz CT molecular complexity index is 1570. The lowest BCUT2D eigenvalue weighted by Crippen LogP contribution is -2.21. The van der Waals surface area contributed by atoms with Crippen molar-refractivity contribution in [3.8, 4) is 16.8 Å². The van der Waals surface area contributed by atoms with Gasteiger partial charge in [-0.3, -0.25) is 0 Å². The van der Waals surface area contributed by atoms with Gasteiger partial charge in [0.2, 0.25) is 0 Å². The lowest BCUT2D eigenvalue weighted by atomic mass is 9.79. The van der Waals surface area contributed by atoms with Crippen LogP contribution in [0.4, 0.5) is 0 Å². The molecule has 0 N–H and O–H groups in total. The predicted molar refractivity (Wildman–Crippen MR) is 138 cm³/mol. The zero-order valence-electron chi connectivity index (χ0n) is 18.8. The maximum atomic E-state index is 6.58. The maximum absolute atomic E-state index is 6.58. The number of fused-ring (bicyclic) bond motifs is 10. The molecule has 1 nitrogen and oxygen atoms in total. The first-order valence-corrected chi connectivity index (χ1v) is 12.1. The Morgan fingerprint density at radius 1 is 0.788 bits per heavy atom. The molecule has 4 aromatic carbocycles. The van der Waals surface area contributed by atoms with E-state index in [4.69, 9.17) is 11.6 Å². The Labute approximate surface area is 199 Å². The summed E-state index contributed by atoms with van der Waals surface area (Å²) in [5, 5.41) is 2.16. The van der Waals surface area contributed by atoms with Crippen LogP contribution in [-0.4, -0.2) is 4.57 Å². The van der Waals surface area contributed by atoms with E-state index in [-0.39, 0.29) is 0 Å². The highest BCUT2D eigenvalue weighted by Crippen LogP contribution is 2.57. The van der Waals surface area contributed by atoms with E-state index in [9.17, 15) is 0 Å². The normalized spacial score (nSPS) is 18.0. The first-order chi connectivity index (χ1) is 16.1. The SMILES string of the molecule is Cc1cc2c(-c3ccccc3)c3n(c2cc1C)-c1ccc(Cl)cc1[C@H]1c2ccccc2C[C@@H]31. The van der Waals surface area contributed by atoms with Crippen LogP contribution in [0.3, 0.4) is 0 Å². The average Bonchev–Trinajstić information content (AvgIpc) is 3.36. The molecule has 1 aliphatic heterocycles. The van der Waals surface area contributed by atoms with Gasteiger partial charge in [-0.25, -0.2) is 0 Å². The van der Waals surface area contributed by atoms with Crippen molar-refractivity contribution in [3.63, 3.8) is 0 Å². The zero-order valence-corrected chi connectivity index (χ0v) is 19.5. The summed E-state index contributed by atoms with van der Waals surface area (Å²) in [6.07, 6.45) is 1.06. The van der Waals surface area contributed by atoms with Crippen molar-refractivity contribution in [2.24, 2.45) is 0 Å². The summed E-state index contributed by atoms with van der Waals surface area (Å²) < 4.78 is 2.54. The molecule has 160 valence electrons. The second-order valence-corrected chi connectivity index (χ2v) is 10.0. The molecule has 0 saturated carbocycles. The molecular formula is C31H24ClN. The third-order valence-electron chi connectivity index (χ3n) is 7.83. The molecule has 0 bridgehead atoms. The second-order valence-electron chi connectivity index (χ2n) is 9.61. The average molecular weight is 446 g/mol. The van der Waals surface area contributed by atoms with Crippen molar-refractivity contribution in [1.29, 1.82) is 0 Å². The van der Waals surface area contributed by atoms with Gasteiger partial charge in [0.25, 0.3) is 0 Å². The van der Waals surface area contributed by atoms with E-state index in [0.29, 0.717) is 11.8 Å². The van der Waals surface area contributed by atoms with E-state index >= 15 is 0 Å². The first kappa shape index (κ1) is 19.2. The number of aromatic nitrogens is 1. The number of aryl methyl sites for hydroxylation is 2. The van der Waals surface area contributed by atoms with Gasteiger partial charge in [0.1, 0.15) is 0 Å². The Morgan fingerprint density at radius 2 is 1.55 bits per heavy atom. The molecule has 5 aromatic rings. The van der Waals surface area contributed by atoms with Gasteiger partial charge >= 0.3 is 0 Å². The third-order valence-corrected chi connectivity index (χ3v) is 8.07. The monoisotopic (exact) mass is 445 g/mol. The lowest BCUT2D eigenvalue weighted by Gasteiger charge is -2.32. The number of benzene rings is 4. The molecule has 0 spiro atoms. The minimum absolute atomic E-state index is 0.330. The summed E-state index contributed by atoms with van der Waals surface area (Å²) in [6.45, 7) is 4.44. The van der Waals surface area contributed by atoms with Crippen LogP contribution >= 0.6 is 11.6 Å². The molecule has 0 unspecified atom stereocenters. The van der Waals surface area contributed by atoms with Gasteiger partial charge in [-0.05, 0) is 84.0 Å². The smallest absolute Gasteiger partial charge is 0.0541 e. The summed E-state index contributed by atoms with van der Waals surface area (Å²) in [5.41, 5.74) is 13.6. The number of rotatable bonds is 1. The maximum Gasteiger partial charge on any atom is 0.0541 e. The van der Waals surface area contributed by atoms with E-state index in [1.165, 1.54) is 61.2 Å². The minimum atomic E-state index is 0.330. The molecule has 0 fully saturated rings. The molecule has 7 rings (SSSR count). The highest BCUT2D eigenvalue weighted by molar-refractivity contribution is 6.30. The molecule has 2 heterocycles. The Hall–Kier alpha value is -3.29. The summed E-state index contributed by atoms with van der Waals surface area (Å²) in [7, 11) is 0. The Morgan fingerprint density at radius 3 is 2.39 bits per heavy atom. The molecule has 2 aliphatic rings. The van der Waals surface area contributed by atoms with Gasteiger partial charge in [0.15, 0.2) is 0 Å². The minimum Gasteiger partial charge on any atom is -0.312 e. The van der Waals surface area contributed by atoms with Crippen LogP contribution in [0, 0.1) is 13.8 Å². The molecule has 0 amide bonds. The number of hydrogen-bond acceptors (Lipinski definition) is 0. The topological polar surface area (TPSA) is 4.93 Å². The summed E-state index contributed by atoms with van der Waals surface area (Å²) in [5.74, 6) is 0.716. The van der Waals surface area contributed by atoms with Crippen molar-refractivity contribution in [3.05, 3.63) is 123 Å². The van der Waals surface area contributed by atoms with Crippen LogP contribution < -0.4 is 0 Å². The van der Waals surface area contributed by atoms with Gasteiger partial charge in [-0.2, -0.15) is 0 Å². The van der Waals surface area contributed by atoms with E-state index in [2.05, 4.69) is 97.3 Å². The summed E-state index contributed by atoms with van der Waals surface area (Å²) >= 11 is 6.58. The van der Waals surface area contributed by atoms with Crippen molar-refractivity contribution in [1.82, 2.24) is 4.57 Å². The second kappa shape index (κ2) is 6.85. The number of hydrogen-bond donors (Lipinski definition) is 0. The molecule has 1 aromatic heterocycles. The predicted octanol–water partition coefficient (Wildman–Crippen LogP) is 8.35. The van der Waals surface area contributed by atoms with Crippen LogP contribution in [0.2, 0.25) is 5.02 Å². The largest absolute Gasteiger partial charge is 0.312 e. The molecule has 1 aliphatic carbocycles. The standard InChI is InChI=1S/C31H24ClN/c1-18-14-24-28(15-19(18)2)33-27-13-12-22(32)17-25(27)30-23-11-7-6-10-21(23)16-26(30)31(33)29(24)20-8-4-3-5-9-20/h3-15,17,26,30H,16H2,1-2H3/t26-,30-/m1/s1. The van der Waals surface area contributed by atoms with Gasteiger partial charge in [0, 0.05) is 39.2 Å². The van der Waals surface area contributed by atoms with Gasteiger partial charge < -0.3 is 4.57 Å². The molecule has 0 radical (unpaired) electrons. The van der Waals surface area contributed by atoms with Crippen molar-refractivity contribution >= 4 is 22.5 Å². The van der Waals surface area contributed by atoms with Gasteiger partial charge in [0.05, 0.1) is 5.52 Å². The van der Waals surface area contributed by atoms with Crippen LogP contribution in [0.5, 0.6) is 0 Å². The van der Waals surface area contributed by atoms with Crippen molar-refractivity contribution in [2.45, 2.75) is 32.1 Å². The fraction of sp³-hybridized carbons (Fsp3) is 0.161.